The molecule has 0 bridgehead atoms. The summed E-state index contributed by atoms with van der Waals surface area (Å²) >= 11 is 0. The first-order valence-electron chi connectivity index (χ1n) is 7.07. The Bertz CT molecular complexity index is 467. The van der Waals surface area contributed by atoms with Crippen LogP contribution in [0.1, 0.15) is 44.9 Å². The Balaban J connectivity index is 1.93. The van der Waals surface area contributed by atoms with E-state index in [9.17, 15) is 9.90 Å². The fourth-order valence-corrected chi connectivity index (χ4v) is 2.93. The third-order valence-electron chi connectivity index (χ3n) is 4.29. The molecule has 19 heavy (non-hydrogen) atoms. The van der Waals surface area contributed by atoms with E-state index in [4.69, 9.17) is 0 Å². The zero-order valence-corrected chi connectivity index (χ0v) is 11.8. The van der Waals surface area contributed by atoms with Crippen molar-refractivity contribution in [2.45, 2.75) is 39.2 Å². The molecule has 0 aliphatic carbocycles. The first-order chi connectivity index (χ1) is 8.99. The van der Waals surface area contributed by atoms with Gasteiger partial charge in [-0.3, -0.25) is 4.79 Å². The van der Waals surface area contributed by atoms with E-state index >= 15 is 0 Å². The van der Waals surface area contributed by atoms with Crippen molar-refractivity contribution in [3.8, 4) is 0 Å². The molecule has 1 aliphatic rings. The summed E-state index contributed by atoms with van der Waals surface area (Å²) in [5, 5.41) is 13.6. The highest BCUT2D eigenvalue weighted by Gasteiger charge is 2.32. The van der Waals surface area contributed by atoms with Crippen LogP contribution in [0.5, 0.6) is 0 Å². The molecule has 0 amide bonds. The number of aliphatic hydroxyl groups is 1. The number of nitrogens with one attached hydrogen (secondary N) is 2. The van der Waals surface area contributed by atoms with Crippen LogP contribution in [0.3, 0.4) is 0 Å². The average molecular weight is 264 g/mol. The lowest BCUT2D eigenvalue weighted by Gasteiger charge is -2.39. The highest BCUT2D eigenvalue weighted by atomic mass is 16.3. The first-order valence-corrected chi connectivity index (χ1v) is 7.07. The van der Waals surface area contributed by atoms with Gasteiger partial charge < -0.3 is 15.4 Å². The van der Waals surface area contributed by atoms with E-state index in [-0.39, 0.29) is 11.0 Å². The quantitative estimate of drug-likeness (QED) is 0.777. The summed E-state index contributed by atoms with van der Waals surface area (Å²) < 4.78 is 0. The van der Waals surface area contributed by atoms with Crippen LogP contribution < -0.4 is 10.9 Å². The van der Waals surface area contributed by atoms with Gasteiger partial charge in [0.2, 0.25) is 5.56 Å². The predicted molar refractivity (Wildman–Crippen MR) is 76.0 cm³/mol. The monoisotopic (exact) mass is 264 g/mol. The van der Waals surface area contributed by atoms with E-state index in [1.807, 2.05) is 0 Å². The third kappa shape index (κ3) is 3.67. The maximum atomic E-state index is 11.2. The van der Waals surface area contributed by atoms with E-state index in [2.05, 4.69) is 24.1 Å². The number of hydrogen-bond acceptors (Lipinski definition) is 3. The molecule has 1 aromatic heterocycles. The largest absolute Gasteiger partial charge is 0.387 e. The van der Waals surface area contributed by atoms with Gasteiger partial charge in [-0.15, -0.1) is 0 Å². The standard InChI is InChI=1S/C15H24N2O2/c1-15(2)10-16-9-8-11(15)6-7-13(18)12-4-3-5-14(19)17-12/h3-5,11,13,16,18H,6-10H2,1-2H3,(H,17,19). The smallest absolute Gasteiger partial charge is 0.248 e. The summed E-state index contributed by atoms with van der Waals surface area (Å²) in [6.45, 7) is 6.66. The van der Waals surface area contributed by atoms with Gasteiger partial charge in [0.25, 0.3) is 0 Å². The lowest BCUT2D eigenvalue weighted by Crippen LogP contribution is -2.42. The first kappa shape index (κ1) is 14.3. The highest BCUT2D eigenvalue weighted by molar-refractivity contribution is 5.06. The van der Waals surface area contributed by atoms with Gasteiger partial charge in [-0.25, -0.2) is 0 Å². The fourth-order valence-electron chi connectivity index (χ4n) is 2.93. The number of aliphatic hydroxyl groups excluding tert-OH is 1. The second-order valence-electron chi connectivity index (χ2n) is 6.21. The second kappa shape index (κ2) is 5.88. The molecule has 106 valence electrons. The van der Waals surface area contributed by atoms with Crippen molar-refractivity contribution < 1.29 is 5.11 Å². The number of H-pyrrole nitrogens is 1. The molecule has 1 saturated heterocycles. The minimum Gasteiger partial charge on any atom is -0.387 e. The number of pyridine rings is 1. The van der Waals surface area contributed by atoms with Crippen LogP contribution in [-0.4, -0.2) is 23.2 Å². The number of rotatable bonds is 4. The molecule has 4 heteroatoms. The molecule has 2 unspecified atom stereocenters. The van der Waals surface area contributed by atoms with Crippen LogP contribution in [0, 0.1) is 11.3 Å². The Morgan fingerprint density at radius 1 is 1.47 bits per heavy atom. The van der Waals surface area contributed by atoms with Crippen LogP contribution in [0.15, 0.2) is 23.0 Å². The van der Waals surface area contributed by atoms with Crippen molar-refractivity contribution in [1.82, 2.24) is 10.3 Å². The molecule has 0 spiro atoms. The zero-order valence-electron chi connectivity index (χ0n) is 11.8. The molecule has 1 fully saturated rings. The molecule has 3 N–H and O–H groups in total. The average Bonchev–Trinajstić information content (AvgIpc) is 2.36. The van der Waals surface area contributed by atoms with Gasteiger partial charge in [-0.2, -0.15) is 0 Å². The molecule has 2 heterocycles. The van der Waals surface area contributed by atoms with Gasteiger partial charge in [0.1, 0.15) is 0 Å². The van der Waals surface area contributed by atoms with Gasteiger partial charge in [0.15, 0.2) is 0 Å². The summed E-state index contributed by atoms with van der Waals surface area (Å²) in [6, 6.07) is 4.93. The minimum atomic E-state index is -0.570. The van der Waals surface area contributed by atoms with Gasteiger partial charge in [0, 0.05) is 18.3 Å². The van der Waals surface area contributed by atoms with Crippen LogP contribution in [-0.2, 0) is 0 Å². The van der Waals surface area contributed by atoms with Crippen LogP contribution in [0.4, 0.5) is 0 Å². The predicted octanol–water partition coefficient (Wildman–Crippen LogP) is 1.82. The second-order valence-corrected chi connectivity index (χ2v) is 6.21. The molecule has 1 aromatic rings. The maximum absolute atomic E-state index is 11.2. The van der Waals surface area contributed by atoms with Crippen LogP contribution in [0.25, 0.3) is 0 Å². The Morgan fingerprint density at radius 2 is 2.26 bits per heavy atom. The van der Waals surface area contributed by atoms with E-state index in [0.29, 0.717) is 18.0 Å². The van der Waals surface area contributed by atoms with Crippen molar-refractivity contribution in [2.24, 2.45) is 11.3 Å². The lowest BCUT2D eigenvalue weighted by molar-refractivity contribution is 0.105. The number of piperidine rings is 1. The zero-order chi connectivity index (χ0) is 13.9. The van der Waals surface area contributed by atoms with Crippen molar-refractivity contribution >= 4 is 0 Å². The van der Waals surface area contributed by atoms with Gasteiger partial charge in [-0.1, -0.05) is 19.9 Å². The molecule has 1 aliphatic heterocycles. The Morgan fingerprint density at radius 3 is 2.95 bits per heavy atom. The van der Waals surface area contributed by atoms with Crippen molar-refractivity contribution in [3.63, 3.8) is 0 Å². The van der Waals surface area contributed by atoms with Gasteiger partial charge >= 0.3 is 0 Å². The van der Waals surface area contributed by atoms with E-state index < -0.39 is 6.10 Å². The summed E-state index contributed by atoms with van der Waals surface area (Å²) in [4.78, 5) is 13.9. The van der Waals surface area contributed by atoms with E-state index in [1.165, 1.54) is 6.07 Å². The van der Waals surface area contributed by atoms with Crippen molar-refractivity contribution in [1.29, 1.82) is 0 Å². The molecule has 4 nitrogen and oxygen atoms in total. The molecule has 0 aromatic carbocycles. The van der Waals surface area contributed by atoms with E-state index in [0.717, 1.165) is 25.9 Å². The minimum absolute atomic E-state index is 0.154. The van der Waals surface area contributed by atoms with Gasteiger partial charge in [-0.05, 0) is 43.2 Å². The molecule has 0 saturated carbocycles. The summed E-state index contributed by atoms with van der Waals surface area (Å²) in [5.41, 5.74) is 0.750. The topological polar surface area (TPSA) is 65.1 Å². The number of hydrogen-bond donors (Lipinski definition) is 3. The third-order valence-corrected chi connectivity index (χ3v) is 4.29. The molecular formula is C15H24N2O2. The van der Waals surface area contributed by atoms with Crippen LogP contribution >= 0.6 is 0 Å². The summed E-state index contributed by atoms with van der Waals surface area (Å²) in [5.74, 6) is 0.624. The Kier molecular flexibility index (Phi) is 4.42. The normalized spacial score (nSPS) is 24.1. The lowest BCUT2D eigenvalue weighted by atomic mass is 9.72. The number of aromatic amines is 1. The molecule has 2 rings (SSSR count). The SMILES string of the molecule is CC1(C)CNCCC1CCC(O)c1cccc(=O)[nH]1. The Labute approximate surface area is 114 Å². The highest BCUT2D eigenvalue weighted by Crippen LogP contribution is 2.36. The molecule has 2 atom stereocenters. The van der Waals surface area contributed by atoms with E-state index in [1.54, 1.807) is 12.1 Å². The maximum Gasteiger partial charge on any atom is 0.248 e. The van der Waals surface area contributed by atoms with Gasteiger partial charge in [0.05, 0.1) is 6.10 Å². The van der Waals surface area contributed by atoms with Crippen molar-refractivity contribution in [2.75, 3.05) is 13.1 Å². The Hall–Kier alpha value is -1.13. The van der Waals surface area contributed by atoms with Crippen molar-refractivity contribution in [3.05, 3.63) is 34.2 Å². The fraction of sp³-hybridized carbons (Fsp3) is 0.667. The van der Waals surface area contributed by atoms with Crippen LogP contribution in [0.2, 0.25) is 0 Å². The number of aromatic nitrogens is 1. The molecular weight excluding hydrogens is 240 g/mol. The molecule has 0 radical (unpaired) electrons. The summed E-state index contributed by atoms with van der Waals surface area (Å²) in [7, 11) is 0. The summed E-state index contributed by atoms with van der Waals surface area (Å²) in [6.07, 6.45) is 2.28.